The third-order valence-electron chi connectivity index (χ3n) is 3.19. The Morgan fingerprint density at radius 1 is 1.10 bits per heavy atom. The molecule has 0 aliphatic carbocycles. The van der Waals surface area contributed by atoms with Gasteiger partial charge < -0.3 is 10.8 Å². The van der Waals surface area contributed by atoms with Gasteiger partial charge in [0, 0.05) is 17.2 Å². The summed E-state index contributed by atoms with van der Waals surface area (Å²) in [6.45, 7) is 12.3. The fourth-order valence-corrected chi connectivity index (χ4v) is 2.07. The van der Waals surface area contributed by atoms with Crippen LogP contribution in [0.2, 0.25) is 0 Å². The zero-order chi connectivity index (χ0) is 15.7. The molecule has 0 saturated carbocycles. The molecule has 0 aromatic heterocycles. The van der Waals surface area contributed by atoms with Crippen molar-refractivity contribution in [3.8, 4) is 5.75 Å². The molecule has 1 aromatic carbocycles. The Balaban J connectivity index is 0.00000400. The van der Waals surface area contributed by atoms with Crippen LogP contribution in [0.25, 0.3) is 6.08 Å². The van der Waals surface area contributed by atoms with E-state index in [1.165, 1.54) is 6.08 Å². The van der Waals surface area contributed by atoms with Crippen LogP contribution in [0.1, 0.15) is 59.7 Å². The standard InChI is InChI=1S/C17H25NO2/c1-16(2,3)12-9-11(7-8-14(18)19)10-13(15(12)20)17(4,5)6/h7-10,20H,1-6H3,(H2,18,19)/p+1/b8-7+. The SMILES string of the molecule is CC(C)(C)c1cc(/C=C/C(N)=O)cc(C(C)(C)C)c1O.[H+]. The predicted octanol–water partition coefficient (Wildman–Crippen LogP) is 3.60. The minimum Gasteiger partial charge on any atom is -0.507 e. The van der Waals surface area contributed by atoms with Crippen molar-refractivity contribution in [2.75, 3.05) is 0 Å². The van der Waals surface area contributed by atoms with Gasteiger partial charge in [0.05, 0.1) is 0 Å². The molecule has 3 nitrogen and oxygen atoms in total. The van der Waals surface area contributed by atoms with Gasteiger partial charge in [0.1, 0.15) is 5.75 Å². The van der Waals surface area contributed by atoms with Gasteiger partial charge in [0.25, 0.3) is 0 Å². The molecule has 110 valence electrons. The van der Waals surface area contributed by atoms with Crippen molar-refractivity contribution >= 4 is 12.0 Å². The molecule has 0 unspecified atom stereocenters. The molecule has 0 saturated heterocycles. The number of carbonyl (C=O) groups is 1. The Labute approximate surface area is 123 Å². The topological polar surface area (TPSA) is 63.3 Å². The number of hydrogen-bond donors (Lipinski definition) is 2. The Hall–Kier alpha value is -1.77. The van der Waals surface area contributed by atoms with Crippen LogP contribution in [0.3, 0.4) is 0 Å². The second kappa shape index (κ2) is 5.31. The van der Waals surface area contributed by atoms with Crippen molar-refractivity contribution in [2.45, 2.75) is 52.4 Å². The fraction of sp³-hybridized carbons (Fsp3) is 0.471. The summed E-state index contributed by atoms with van der Waals surface area (Å²) >= 11 is 0. The van der Waals surface area contributed by atoms with Gasteiger partial charge in [0.2, 0.25) is 5.91 Å². The lowest BCUT2D eigenvalue weighted by atomic mass is 9.78. The average Bonchev–Trinajstić information content (AvgIpc) is 2.24. The summed E-state index contributed by atoms with van der Waals surface area (Å²) in [7, 11) is 0. The van der Waals surface area contributed by atoms with Gasteiger partial charge >= 0.3 is 1.43 Å². The van der Waals surface area contributed by atoms with Crippen molar-refractivity contribution in [3.63, 3.8) is 0 Å². The lowest BCUT2D eigenvalue weighted by molar-refractivity contribution is -0.113. The molecular formula is C17H26NO2+. The summed E-state index contributed by atoms with van der Waals surface area (Å²) in [4.78, 5) is 10.9. The van der Waals surface area contributed by atoms with Crippen LogP contribution in [0.15, 0.2) is 18.2 Å². The second-order valence-electron chi connectivity index (χ2n) is 7.20. The van der Waals surface area contributed by atoms with E-state index in [9.17, 15) is 9.90 Å². The van der Waals surface area contributed by atoms with Gasteiger partial charge in [-0.2, -0.15) is 0 Å². The van der Waals surface area contributed by atoms with Crippen LogP contribution in [0.4, 0.5) is 0 Å². The van der Waals surface area contributed by atoms with Crippen LogP contribution in [-0.2, 0) is 15.6 Å². The quantitative estimate of drug-likeness (QED) is 0.811. The van der Waals surface area contributed by atoms with E-state index in [1.807, 2.05) is 12.1 Å². The van der Waals surface area contributed by atoms with Crippen LogP contribution in [0, 0.1) is 0 Å². The maximum atomic E-state index is 10.9. The second-order valence-corrected chi connectivity index (χ2v) is 7.20. The van der Waals surface area contributed by atoms with Crippen molar-refractivity contribution in [3.05, 3.63) is 34.9 Å². The summed E-state index contributed by atoms with van der Waals surface area (Å²) in [5.41, 5.74) is 7.39. The summed E-state index contributed by atoms with van der Waals surface area (Å²) in [5, 5.41) is 10.5. The van der Waals surface area contributed by atoms with E-state index in [0.29, 0.717) is 5.75 Å². The third-order valence-corrected chi connectivity index (χ3v) is 3.19. The number of amides is 1. The number of hydrogen-bond acceptors (Lipinski definition) is 2. The monoisotopic (exact) mass is 276 g/mol. The highest BCUT2D eigenvalue weighted by Gasteiger charge is 2.26. The van der Waals surface area contributed by atoms with Gasteiger partial charge in [0.15, 0.2) is 0 Å². The zero-order valence-corrected chi connectivity index (χ0v) is 13.2. The number of phenols is 1. The molecule has 0 aliphatic heterocycles. The van der Waals surface area contributed by atoms with Crippen LogP contribution in [0.5, 0.6) is 5.75 Å². The average molecular weight is 276 g/mol. The minimum absolute atomic E-state index is 0. The highest BCUT2D eigenvalue weighted by atomic mass is 16.3. The molecule has 0 spiro atoms. The van der Waals surface area contributed by atoms with Crippen molar-refractivity contribution < 1.29 is 11.3 Å². The van der Waals surface area contributed by atoms with Gasteiger partial charge in [-0.1, -0.05) is 41.5 Å². The molecule has 0 bridgehead atoms. The first-order valence-electron chi connectivity index (χ1n) is 6.78. The van der Waals surface area contributed by atoms with Crippen LogP contribution in [-0.4, -0.2) is 11.0 Å². The number of nitrogens with two attached hydrogens (primary N) is 1. The molecule has 1 amide bonds. The molecular weight excluding hydrogens is 250 g/mol. The molecule has 0 heterocycles. The third kappa shape index (κ3) is 3.86. The molecule has 0 aliphatic rings. The summed E-state index contributed by atoms with van der Waals surface area (Å²) < 4.78 is 0. The van der Waals surface area contributed by atoms with E-state index in [2.05, 4.69) is 41.5 Å². The molecule has 3 N–H and O–H groups in total. The number of aromatic hydroxyl groups is 1. The predicted molar refractivity (Wildman–Crippen MR) is 84.8 cm³/mol. The number of phenolic OH excluding ortho intramolecular Hbond substituents is 1. The molecule has 20 heavy (non-hydrogen) atoms. The van der Waals surface area contributed by atoms with E-state index in [4.69, 9.17) is 5.73 Å². The largest absolute Gasteiger partial charge is 1.00 e. The van der Waals surface area contributed by atoms with Crippen molar-refractivity contribution in [1.82, 2.24) is 0 Å². The lowest BCUT2D eigenvalue weighted by Gasteiger charge is -2.27. The molecule has 0 radical (unpaired) electrons. The number of rotatable bonds is 2. The van der Waals surface area contributed by atoms with Crippen molar-refractivity contribution in [1.29, 1.82) is 0 Å². The Kier molecular flexibility index (Phi) is 4.33. The number of carbonyl (C=O) groups excluding carboxylic acids is 1. The smallest absolute Gasteiger partial charge is 0.507 e. The van der Waals surface area contributed by atoms with Crippen LogP contribution < -0.4 is 5.73 Å². The molecule has 0 atom stereocenters. The van der Waals surface area contributed by atoms with Gasteiger partial charge in [-0.3, -0.25) is 4.79 Å². The van der Waals surface area contributed by atoms with E-state index in [1.54, 1.807) is 6.08 Å². The lowest BCUT2D eigenvalue weighted by Crippen LogP contribution is -2.17. The highest BCUT2D eigenvalue weighted by Crippen LogP contribution is 2.39. The summed E-state index contributed by atoms with van der Waals surface area (Å²) in [6, 6.07) is 3.81. The number of benzene rings is 1. The van der Waals surface area contributed by atoms with E-state index < -0.39 is 5.91 Å². The maximum absolute atomic E-state index is 10.9. The Morgan fingerprint density at radius 3 is 1.80 bits per heavy atom. The van der Waals surface area contributed by atoms with Gasteiger partial charge in [-0.05, 0) is 34.6 Å². The molecule has 1 aromatic rings. The molecule has 0 fully saturated rings. The van der Waals surface area contributed by atoms with Gasteiger partial charge in [-0.15, -0.1) is 0 Å². The Morgan fingerprint density at radius 2 is 1.50 bits per heavy atom. The maximum Gasteiger partial charge on any atom is 1.00 e. The first-order valence-corrected chi connectivity index (χ1v) is 6.78. The number of primary amides is 1. The van der Waals surface area contributed by atoms with E-state index in [-0.39, 0.29) is 12.3 Å². The minimum atomic E-state index is -0.479. The molecule has 3 heteroatoms. The normalized spacial score (nSPS) is 12.9. The fourth-order valence-electron chi connectivity index (χ4n) is 2.07. The van der Waals surface area contributed by atoms with E-state index >= 15 is 0 Å². The van der Waals surface area contributed by atoms with Gasteiger partial charge in [-0.25, -0.2) is 0 Å². The first kappa shape index (κ1) is 16.3. The first-order chi connectivity index (χ1) is 8.93. The Bertz CT molecular complexity index is 514. The van der Waals surface area contributed by atoms with Crippen molar-refractivity contribution in [2.24, 2.45) is 5.73 Å². The summed E-state index contributed by atoms with van der Waals surface area (Å²) in [6.07, 6.45) is 3.03. The highest BCUT2D eigenvalue weighted by molar-refractivity contribution is 5.90. The van der Waals surface area contributed by atoms with Crippen LogP contribution >= 0.6 is 0 Å². The zero-order valence-electron chi connectivity index (χ0n) is 14.2. The summed E-state index contributed by atoms with van der Waals surface area (Å²) in [5.74, 6) is -0.145. The van der Waals surface area contributed by atoms with E-state index in [0.717, 1.165) is 16.7 Å². The molecule has 1 rings (SSSR count).